The van der Waals surface area contributed by atoms with Crippen LogP contribution in [-0.2, 0) is 15.1 Å². The zero-order chi connectivity index (χ0) is 24.0. The monoisotopic (exact) mass is 479 g/mol. The van der Waals surface area contributed by atoms with Gasteiger partial charge in [0.25, 0.3) is 0 Å². The SMILES string of the molecule is C=CCN1CCN(C(c2cccc(O)c2)c2ccccc2C2(CC(=O)OCC)CSC=N2)CC1. The van der Waals surface area contributed by atoms with Crippen LogP contribution in [0.5, 0.6) is 5.75 Å². The van der Waals surface area contributed by atoms with Crippen LogP contribution in [0.1, 0.15) is 36.1 Å². The van der Waals surface area contributed by atoms with E-state index in [0.717, 1.165) is 49.4 Å². The van der Waals surface area contributed by atoms with Gasteiger partial charge < -0.3 is 9.84 Å². The molecule has 2 aromatic rings. The lowest BCUT2D eigenvalue weighted by Gasteiger charge is -2.41. The minimum atomic E-state index is -0.659. The molecule has 6 nitrogen and oxygen atoms in total. The fourth-order valence-corrected chi connectivity index (χ4v) is 5.93. The van der Waals surface area contributed by atoms with Gasteiger partial charge in [0, 0.05) is 38.5 Å². The Labute approximate surface area is 206 Å². The quantitative estimate of drug-likeness (QED) is 0.429. The van der Waals surface area contributed by atoms with E-state index in [2.05, 4.69) is 34.6 Å². The number of carbonyl (C=O) groups excluding carboxylic acids is 1. The third-order valence-corrected chi connectivity index (χ3v) is 7.44. The number of hydrogen-bond acceptors (Lipinski definition) is 7. The summed E-state index contributed by atoms with van der Waals surface area (Å²) in [6.07, 6.45) is 2.16. The molecule has 0 aromatic heterocycles. The number of phenols is 1. The molecule has 180 valence electrons. The summed E-state index contributed by atoms with van der Waals surface area (Å²) in [5.41, 5.74) is 4.40. The maximum atomic E-state index is 12.6. The summed E-state index contributed by atoms with van der Waals surface area (Å²) >= 11 is 1.63. The number of aliphatic imine (C=N–C) groups is 1. The average Bonchev–Trinajstić information content (AvgIpc) is 3.30. The Bertz CT molecular complexity index is 1040. The molecule has 1 N–H and O–H groups in total. The first-order valence-corrected chi connectivity index (χ1v) is 12.9. The highest BCUT2D eigenvalue weighted by Gasteiger charge is 2.41. The van der Waals surface area contributed by atoms with Crippen molar-refractivity contribution in [1.29, 1.82) is 0 Å². The topological polar surface area (TPSA) is 65.4 Å². The summed E-state index contributed by atoms with van der Waals surface area (Å²) in [6, 6.07) is 15.8. The Balaban J connectivity index is 1.76. The molecule has 2 aliphatic rings. The normalized spacial score (nSPS) is 21.9. The molecule has 4 rings (SSSR count). The fourth-order valence-electron chi connectivity index (χ4n) is 4.97. The highest BCUT2D eigenvalue weighted by Crippen LogP contribution is 2.43. The number of phenolic OH excluding ortho intramolecular Hbond substituents is 1. The van der Waals surface area contributed by atoms with E-state index in [1.807, 2.05) is 42.8 Å². The Hall–Kier alpha value is -2.61. The van der Waals surface area contributed by atoms with Crippen molar-refractivity contribution in [1.82, 2.24) is 9.80 Å². The first kappa shape index (κ1) is 24.5. The van der Waals surface area contributed by atoms with Gasteiger partial charge in [-0.2, -0.15) is 0 Å². The van der Waals surface area contributed by atoms with Crippen LogP contribution in [0.2, 0.25) is 0 Å². The molecule has 1 fully saturated rings. The lowest BCUT2D eigenvalue weighted by molar-refractivity contribution is -0.144. The molecule has 2 atom stereocenters. The zero-order valence-corrected chi connectivity index (χ0v) is 20.5. The van der Waals surface area contributed by atoms with Gasteiger partial charge in [0.05, 0.1) is 24.6 Å². The molecule has 2 unspecified atom stereocenters. The van der Waals surface area contributed by atoms with Crippen molar-refractivity contribution in [3.63, 3.8) is 0 Å². The maximum Gasteiger partial charge on any atom is 0.308 e. The smallest absolute Gasteiger partial charge is 0.308 e. The van der Waals surface area contributed by atoms with Gasteiger partial charge in [0.15, 0.2) is 0 Å². The number of aromatic hydroxyl groups is 1. The van der Waals surface area contributed by atoms with Crippen molar-refractivity contribution in [2.75, 3.05) is 45.1 Å². The molecule has 0 aliphatic carbocycles. The molecule has 2 aromatic carbocycles. The van der Waals surface area contributed by atoms with E-state index < -0.39 is 5.54 Å². The third-order valence-electron chi connectivity index (χ3n) is 6.54. The first-order chi connectivity index (χ1) is 16.6. The van der Waals surface area contributed by atoms with Crippen molar-refractivity contribution in [2.45, 2.75) is 24.9 Å². The highest BCUT2D eigenvalue weighted by atomic mass is 32.2. The van der Waals surface area contributed by atoms with Gasteiger partial charge in [-0.1, -0.05) is 42.5 Å². The lowest BCUT2D eigenvalue weighted by Crippen LogP contribution is -2.48. The van der Waals surface area contributed by atoms with E-state index >= 15 is 0 Å². The van der Waals surface area contributed by atoms with E-state index in [1.165, 1.54) is 0 Å². The van der Waals surface area contributed by atoms with Crippen molar-refractivity contribution in [3.8, 4) is 5.75 Å². The van der Waals surface area contributed by atoms with E-state index in [9.17, 15) is 9.90 Å². The zero-order valence-electron chi connectivity index (χ0n) is 19.7. The lowest BCUT2D eigenvalue weighted by atomic mass is 9.81. The van der Waals surface area contributed by atoms with Crippen molar-refractivity contribution < 1.29 is 14.6 Å². The molecular weight excluding hydrogens is 446 g/mol. The number of ether oxygens (including phenoxy) is 1. The van der Waals surface area contributed by atoms with Gasteiger partial charge in [0.2, 0.25) is 0 Å². The molecular formula is C27H33N3O3S. The average molecular weight is 480 g/mol. The number of thioether (sulfide) groups is 1. The molecule has 0 amide bonds. The number of piperazine rings is 1. The summed E-state index contributed by atoms with van der Waals surface area (Å²) in [4.78, 5) is 22.3. The van der Waals surface area contributed by atoms with Gasteiger partial charge in [-0.25, -0.2) is 0 Å². The molecule has 2 aliphatic heterocycles. The number of benzene rings is 2. The summed E-state index contributed by atoms with van der Waals surface area (Å²) < 4.78 is 5.32. The van der Waals surface area contributed by atoms with Crippen LogP contribution in [0, 0.1) is 0 Å². The summed E-state index contributed by atoms with van der Waals surface area (Å²) in [5, 5.41) is 10.3. The van der Waals surface area contributed by atoms with Gasteiger partial charge in [0.1, 0.15) is 11.3 Å². The first-order valence-electron chi connectivity index (χ1n) is 11.8. The minimum absolute atomic E-state index is 0.0611. The summed E-state index contributed by atoms with van der Waals surface area (Å²) in [5.74, 6) is 0.716. The second kappa shape index (κ2) is 11.2. The van der Waals surface area contributed by atoms with Crippen molar-refractivity contribution >= 4 is 23.3 Å². The van der Waals surface area contributed by atoms with Crippen LogP contribution in [0.4, 0.5) is 0 Å². The van der Waals surface area contributed by atoms with Crippen molar-refractivity contribution in [2.24, 2.45) is 4.99 Å². The van der Waals surface area contributed by atoms with Gasteiger partial charge >= 0.3 is 5.97 Å². The predicted molar refractivity (Wildman–Crippen MR) is 138 cm³/mol. The van der Waals surface area contributed by atoms with Crippen LogP contribution in [0.3, 0.4) is 0 Å². The number of rotatable bonds is 9. The van der Waals surface area contributed by atoms with Gasteiger partial charge in [-0.3, -0.25) is 19.6 Å². The van der Waals surface area contributed by atoms with Crippen LogP contribution in [-0.4, -0.2) is 71.5 Å². The predicted octanol–water partition coefficient (Wildman–Crippen LogP) is 4.21. The highest BCUT2D eigenvalue weighted by molar-refractivity contribution is 8.12. The van der Waals surface area contributed by atoms with Crippen LogP contribution in [0.15, 0.2) is 66.2 Å². The van der Waals surface area contributed by atoms with Crippen LogP contribution < -0.4 is 0 Å². The summed E-state index contributed by atoms with van der Waals surface area (Å²) in [6.45, 7) is 10.6. The van der Waals surface area contributed by atoms with E-state index in [1.54, 1.807) is 17.8 Å². The molecule has 2 heterocycles. The largest absolute Gasteiger partial charge is 0.508 e. The second-order valence-electron chi connectivity index (χ2n) is 8.77. The van der Waals surface area contributed by atoms with Crippen molar-refractivity contribution in [3.05, 3.63) is 77.9 Å². The Morgan fingerprint density at radius 2 is 2.03 bits per heavy atom. The molecule has 0 saturated carbocycles. The summed E-state index contributed by atoms with van der Waals surface area (Å²) in [7, 11) is 0. The number of nitrogens with zero attached hydrogens (tertiary/aromatic N) is 3. The van der Waals surface area contributed by atoms with E-state index in [-0.39, 0.29) is 24.2 Å². The standard InChI is InChI=1S/C27H33N3O3S/c1-3-12-29-13-15-30(16-14-29)26(21-8-7-9-22(31)17-21)23-10-5-6-11-24(23)27(19-34-20-28-27)18-25(32)33-4-2/h3,5-11,17,20,26,31H,1,4,12-16,18-19H2,2H3. The molecule has 0 bridgehead atoms. The maximum absolute atomic E-state index is 12.6. The number of hydrogen-bond donors (Lipinski definition) is 1. The van der Waals surface area contributed by atoms with E-state index in [4.69, 9.17) is 9.73 Å². The molecule has 0 spiro atoms. The molecule has 0 radical (unpaired) electrons. The Kier molecular flexibility index (Phi) is 8.08. The second-order valence-corrected chi connectivity index (χ2v) is 9.60. The van der Waals surface area contributed by atoms with E-state index in [0.29, 0.717) is 12.4 Å². The van der Waals surface area contributed by atoms with Gasteiger partial charge in [-0.15, -0.1) is 18.3 Å². The molecule has 7 heteroatoms. The van der Waals surface area contributed by atoms with Crippen LogP contribution >= 0.6 is 11.8 Å². The Morgan fingerprint density at radius 1 is 1.24 bits per heavy atom. The molecule has 34 heavy (non-hydrogen) atoms. The van der Waals surface area contributed by atoms with Gasteiger partial charge in [-0.05, 0) is 35.7 Å². The molecule has 1 saturated heterocycles. The fraction of sp³-hybridized carbons (Fsp3) is 0.407. The third kappa shape index (κ3) is 5.37. The minimum Gasteiger partial charge on any atom is -0.508 e. The van der Waals surface area contributed by atoms with Crippen LogP contribution in [0.25, 0.3) is 0 Å². The number of esters is 1. The number of carbonyl (C=O) groups is 1. The Morgan fingerprint density at radius 3 is 2.71 bits per heavy atom.